The van der Waals surface area contributed by atoms with E-state index >= 15 is 0 Å². The first-order chi connectivity index (χ1) is 19.8. The Morgan fingerprint density at radius 1 is 0.976 bits per heavy atom. The highest BCUT2D eigenvalue weighted by molar-refractivity contribution is 5.91. The molecule has 1 aromatic heterocycles. The predicted molar refractivity (Wildman–Crippen MR) is 156 cm³/mol. The summed E-state index contributed by atoms with van der Waals surface area (Å²) in [6, 6.07) is 19.7. The summed E-state index contributed by atoms with van der Waals surface area (Å²) in [5.74, 6) is 0.324. The third-order valence-corrected chi connectivity index (χ3v) is 8.37. The number of benzene rings is 2. The summed E-state index contributed by atoms with van der Waals surface area (Å²) in [6.07, 6.45) is -0.328. The van der Waals surface area contributed by atoms with Crippen molar-refractivity contribution >= 4 is 17.3 Å². The Morgan fingerprint density at radius 3 is 2.49 bits per heavy atom. The van der Waals surface area contributed by atoms with Crippen molar-refractivity contribution in [2.45, 2.75) is 44.9 Å². The fourth-order valence-electron chi connectivity index (χ4n) is 6.16. The number of hydrogen-bond acceptors (Lipinski definition) is 5. The second-order valence-electron chi connectivity index (χ2n) is 11.1. The number of nitrogens with one attached hydrogen (secondary N) is 1. The average molecular weight is 566 g/mol. The van der Waals surface area contributed by atoms with Crippen molar-refractivity contribution < 1.29 is 18.0 Å². The van der Waals surface area contributed by atoms with Crippen molar-refractivity contribution in [1.82, 2.24) is 14.8 Å². The first-order valence-electron chi connectivity index (χ1n) is 14.4. The van der Waals surface area contributed by atoms with Gasteiger partial charge in [-0.1, -0.05) is 30.3 Å². The second-order valence-corrected chi connectivity index (χ2v) is 11.1. The minimum atomic E-state index is -4.35. The quantitative estimate of drug-likeness (QED) is 0.372. The van der Waals surface area contributed by atoms with Gasteiger partial charge in [-0.25, -0.2) is 0 Å². The molecule has 0 spiro atoms. The lowest BCUT2D eigenvalue weighted by Gasteiger charge is -2.47. The van der Waals surface area contributed by atoms with E-state index in [1.165, 1.54) is 12.1 Å². The number of nitrogens with zero attached hydrogens (tertiary/aromatic N) is 4. The van der Waals surface area contributed by atoms with Gasteiger partial charge in [0, 0.05) is 75.8 Å². The molecule has 0 bridgehead atoms. The van der Waals surface area contributed by atoms with Crippen LogP contribution in [0.25, 0.3) is 0 Å². The van der Waals surface area contributed by atoms with Crippen LogP contribution in [0.4, 0.5) is 24.5 Å². The number of amides is 1. The van der Waals surface area contributed by atoms with E-state index in [9.17, 15) is 18.0 Å². The van der Waals surface area contributed by atoms with E-state index in [1.54, 1.807) is 6.07 Å². The molecular weight excluding hydrogens is 527 g/mol. The van der Waals surface area contributed by atoms with E-state index in [4.69, 9.17) is 0 Å². The Hall–Kier alpha value is -3.43. The maximum Gasteiger partial charge on any atom is 0.416 e. The molecule has 6 nitrogen and oxygen atoms in total. The van der Waals surface area contributed by atoms with Crippen LogP contribution in [0.5, 0.6) is 0 Å². The smallest absolute Gasteiger partial charge is 0.369 e. The Labute approximate surface area is 240 Å². The van der Waals surface area contributed by atoms with Crippen LogP contribution in [-0.4, -0.2) is 66.0 Å². The molecular formula is C32H38F3N5O. The summed E-state index contributed by atoms with van der Waals surface area (Å²) in [4.78, 5) is 24.4. The molecule has 5 rings (SSSR count). The number of halogens is 3. The van der Waals surface area contributed by atoms with Crippen LogP contribution >= 0.6 is 0 Å². The predicted octanol–water partition coefficient (Wildman–Crippen LogP) is 5.84. The molecule has 2 atom stereocenters. The van der Waals surface area contributed by atoms with Crippen molar-refractivity contribution in [2.75, 3.05) is 49.5 Å². The van der Waals surface area contributed by atoms with Crippen LogP contribution < -0.4 is 10.2 Å². The molecule has 0 saturated carbocycles. The maximum absolute atomic E-state index is 13.3. The third kappa shape index (κ3) is 7.65. The monoisotopic (exact) mass is 565 g/mol. The third-order valence-electron chi connectivity index (χ3n) is 8.37. The molecule has 0 aliphatic carbocycles. The molecule has 1 amide bonds. The zero-order chi connectivity index (χ0) is 28.8. The lowest BCUT2D eigenvalue weighted by Crippen LogP contribution is -2.56. The molecule has 2 saturated heterocycles. The fourth-order valence-corrected chi connectivity index (χ4v) is 6.16. The van der Waals surface area contributed by atoms with E-state index in [2.05, 4.69) is 20.1 Å². The van der Waals surface area contributed by atoms with Crippen molar-refractivity contribution in [3.05, 3.63) is 89.7 Å². The molecule has 1 N–H and O–H groups in total. The Balaban J connectivity index is 1.23. The molecule has 218 valence electrons. The summed E-state index contributed by atoms with van der Waals surface area (Å²) in [6.45, 7) is 7.52. The highest BCUT2D eigenvalue weighted by Gasteiger charge is 2.36. The molecule has 9 heteroatoms. The van der Waals surface area contributed by atoms with Gasteiger partial charge in [-0.05, 0) is 67.6 Å². The molecule has 3 aromatic rings. The summed E-state index contributed by atoms with van der Waals surface area (Å²) in [5, 5.41) is 3.07. The molecule has 0 unspecified atom stereocenters. The maximum atomic E-state index is 13.3. The zero-order valence-electron chi connectivity index (χ0n) is 23.5. The number of piperazine rings is 1. The lowest BCUT2D eigenvalue weighted by molar-refractivity contribution is -0.137. The number of hydrogen-bond donors (Lipinski definition) is 1. The van der Waals surface area contributed by atoms with Gasteiger partial charge in [-0.2, -0.15) is 13.2 Å². The Bertz CT molecular complexity index is 1290. The molecule has 2 aromatic carbocycles. The van der Waals surface area contributed by atoms with Crippen LogP contribution in [-0.2, 0) is 17.5 Å². The number of alkyl halides is 3. The summed E-state index contributed by atoms with van der Waals surface area (Å²) in [7, 11) is 0. The number of rotatable bonds is 8. The molecule has 3 heterocycles. The number of pyridine rings is 1. The molecule has 2 aliphatic rings. The first kappa shape index (κ1) is 29.1. The van der Waals surface area contributed by atoms with E-state index in [-0.39, 0.29) is 5.91 Å². The highest BCUT2D eigenvalue weighted by atomic mass is 19.4. The van der Waals surface area contributed by atoms with Gasteiger partial charge in [-0.15, -0.1) is 0 Å². The van der Waals surface area contributed by atoms with Crippen LogP contribution in [0, 0.1) is 12.8 Å². The zero-order valence-corrected chi connectivity index (χ0v) is 23.5. The van der Waals surface area contributed by atoms with Crippen LogP contribution in [0.3, 0.4) is 0 Å². The number of aromatic nitrogens is 1. The summed E-state index contributed by atoms with van der Waals surface area (Å²) in [5.41, 5.74) is 2.93. The largest absolute Gasteiger partial charge is 0.416 e. The van der Waals surface area contributed by atoms with Crippen molar-refractivity contribution in [2.24, 2.45) is 5.92 Å². The van der Waals surface area contributed by atoms with Gasteiger partial charge in [0.05, 0.1) is 11.3 Å². The number of anilines is 2. The number of carbonyl (C=O) groups excluding carboxylic acids is 1. The van der Waals surface area contributed by atoms with Crippen molar-refractivity contribution in [3.63, 3.8) is 0 Å². The lowest BCUT2D eigenvalue weighted by atomic mass is 9.86. The van der Waals surface area contributed by atoms with Crippen molar-refractivity contribution in [3.8, 4) is 0 Å². The molecule has 41 heavy (non-hydrogen) atoms. The topological polar surface area (TPSA) is 51.7 Å². The van der Waals surface area contributed by atoms with Crippen molar-refractivity contribution in [1.29, 1.82) is 0 Å². The Kier molecular flexibility index (Phi) is 9.25. The molecule has 0 radical (unpaired) electrons. The summed E-state index contributed by atoms with van der Waals surface area (Å²) < 4.78 is 39.8. The Morgan fingerprint density at radius 2 is 1.76 bits per heavy atom. The minimum absolute atomic E-state index is 0.0225. The highest BCUT2D eigenvalue weighted by Crippen LogP contribution is 2.33. The van der Waals surface area contributed by atoms with Gasteiger partial charge in [0.2, 0.25) is 5.91 Å². The second kappa shape index (κ2) is 13.0. The molecule has 2 fully saturated rings. The van der Waals surface area contributed by atoms with E-state index in [1.807, 2.05) is 60.5 Å². The van der Waals surface area contributed by atoms with Gasteiger partial charge in [0.15, 0.2) is 0 Å². The molecule has 2 aliphatic heterocycles. The van der Waals surface area contributed by atoms with E-state index < -0.39 is 11.7 Å². The number of carbonyl (C=O) groups is 1. The van der Waals surface area contributed by atoms with Crippen LogP contribution in [0.15, 0.2) is 72.9 Å². The van der Waals surface area contributed by atoms with Gasteiger partial charge in [0.1, 0.15) is 0 Å². The van der Waals surface area contributed by atoms with Crippen LogP contribution in [0.1, 0.15) is 36.1 Å². The first-order valence-corrected chi connectivity index (χ1v) is 14.4. The number of piperidine rings is 1. The SMILES string of the molecule is Cc1ccccc1NC(=O)CC[C@@H]1CN(Cc2ccccn2)CC[C@@H]1N1CCN(c2cccc(C(F)(F)F)c2)CC1. The van der Waals surface area contributed by atoms with Crippen LogP contribution in [0.2, 0.25) is 0 Å². The standard InChI is InChI=1S/C32H38F3N5O/c1-24-7-2-3-11-29(24)37-31(41)13-12-25-22-38(23-27-9-4-5-15-36-27)16-14-30(25)40-19-17-39(18-20-40)28-10-6-8-26(21-28)32(33,34)35/h2-11,15,21,25,30H,12-14,16-20,22-23H2,1H3,(H,37,41)/t25-,30+/m1/s1. The van der Waals surface area contributed by atoms with E-state index in [0.717, 1.165) is 68.6 Å². The number of aryl methyl sites for hydroxylation is 1. The van der Waals surface area contributed by atoms with Gasteiger partial charge < -0.3 is 10.2 Å². The van der Waals surface area contributed by atoms with Gasteiger partial charge in [-0.3, -0.25) is 19.6 Å². The summed E-state index contributed by atoms with van der Waals surface area (Å²) >= 11 is 0. The normalized spacial score (nSPS) is 20.6. The van der Waals surface area contributed by atoms with Gasteiger partial charge in [0.25, 0.3) is 0 Å². The average Bonchev–Trinajstić information content (AvgIpc) is 2.98. The number of para-hydroxylation sites is 1. The minimum Gasteiger partial charge on any atom is -0.369 e. The van der Waals surface area contributed by atoms with E-state index in [0.29, 0.717) is 37.2 Å². The fraction of sp³-hybridized carbons (Fsp3) is 0.438. The number of likely N-dealkylation sites (tertiary alicyclic amines) is 1. The van der Waals surface area contributed by atoms with Gasteiger partial charge >= 0.3 is 6.18 Å².